The maximum Gasteiger partial charge on any atom is 0.227 e. The molecule has 0 spiro atoms. The quantitative estimate of drug-likeness (QED) is 0.308. The molecule has 0 saturated carbocycles. The number of methoxy groups -OCH3 is 2. The van der Waals surface area contributed by atoms with Crippen molar-refractivity contribution in [3.63, 3.8) is 0 Å². The summed E-state index contributed by atoms with van der Waals surface area (Å²) in [7, 11) is 3.28. The van der Waals surface area contributed by atoms with Gasteiger partial charge in [0, 0.05) is 53.7 Å². The molecule has 0 aliphatic rings. The molecule has 2 aromatic carbocycles. The molecule has 0 aliphatic heterocycles. The molecule has 4 aromatic heterocycles. The Morgan fingerprint density at radius 1 is 0.886 bits per heavy atom. The van der Waals surface area contributed by atoms with Gasteiger partial charge in [0.05, 0.1) is 24.0 Å². The third-order valence-corrected chi connectivity index (χ3v) is 5.94. The lowest BCUT2D eigenvalue weighted by Gasteiger charge is -2.09. The van der Waals surface area contributed by atoms with Crippen LogP contribution >= 0.6 is 0 Å². The van der Waals surface area contributed by atoms with Crippen molar-refractivity contribution >= 4 is 32.6 Å². The van der Waals surface area contributed by atoms with Crippen molar-refractivity contribution in [1.29, 1.82) is 0 Å². The topological polar surface area (TPSA) is 95.3 Å². The highest BCUT2D eigenvalue weighted by Crippen LogP contribution is 2.37. The van der Waals surface area contributed by atoms with Gasteiger partial charge in [-0.15, -0.1) is 0 Å². The van der Waals surface area contributed by atoms with Crippen LogP contribution in [0.25, 0.3) is 44.0 Å². The Hall–Kier alpha value is -4.27. The van der Waals surface area contributed by atoms with Crippen LogP contribution in [-0.2, 0) is 22.7 Å². The molecule has 35 heavy (non-hydrogen) atoms. The first-order valence-corrected chi connectivity index (χ1v) is 11.1. The minimum atomic E-state index is 0.338. The third kappa shape index (κ3) is 3.78. The van der Waals surface area contributed by atoms with E-state index in [0.29, 0.717) is 42.0 Å². The molecule has 0 saturated heterocycles. The average molecular weight is 466 g/mol. The first kappa shape index (κ1) is 21.3. The normalized spacial score (nSPS) is 11.6. The zero-order valence-electron chi connectivity index (χ0n) is 19.2. The highest BCUT2D eigenvalue weighted by atomic mass is 16.5. The zero-order valence-corrected chi connectivity index (χ0v) is 19.2. The van der Waals surface area contributed by atoms with Gasteiger partial charge < -0.3 is 23.7 Å². The molecular weight excluding hydrogens is 444 g/mol. The van der Waals surface area contributed by atoms with Crippen LogP contribution in [0.15, 0.2) is 71.5 Å². The summed E-state index contributed by atoms with van der Waals surface area (Å²) in [6.45, 7) is 0.694. The summed E-state index contributed by atoms with van der Waals surface area (Å²) in [5.41, 5.74) is 4.11. The molecular formula is C27H22N4O4. The van der Waals surface area contributed by atoms with Crippen molar-refractivity contribution in [2.45, 2.75) is 13.2 Å². The fourth-order valence-electron chi connectivity index (χ4n) is 4.43. The van der Waals surface area contributed by atoms with Crippen molar-refractivity contribution < 1.29 is 18.7 Å². The fourth-order valence-corrected chi connectivity index (χ4v) is 4.43. The van der Waals surface area contributed by atoms with Crippen LogP contribution in [0.4, 0.5) is 0 Å². The Balaban J connectivity index is 1.49. The predicted molar refractivity (Wildman–Crippen MR) is 132 cm³/mol. The number of aromatic amines is 1. The first-order valence-electron chi connectivity index (χ1n) is 11.1. The van der Waals surface area contributed by atoms with E-state index in [0.717, 1.165) is 38.1 Å². The van der Waals surface area contributed by atoms with Crippen LogP contribution in [0, 0.1) is 0 Å². The standard InChI is InChI=1S/C27H22N4O4/c1-32-14-18-12-23(31-35-18)26-21(15-33-2)25-20-11-17(7-8-22(20)30-24(25)13-29-26)34-27-19-6-4-3-5-16(19)9-10-28-27/h3-13,30H,14-15H2,1-2H3. The Kier molecular flexibility index (Phi) is 5.36. The molecule has 0 aliphatic carbocycles. The molecule has 174 valence electrons. The summed E-state index contributed by atoms with van der Waals surface area (Å²) in [6, 6.07) is 17.8. The van der Waals surface area contributed by atoms with E-state index in [9.17, 15) is 0 Å². The molecule has 0 atom stereocenters. The van der Waals surface area contributed by atoms with Gasteiger partial charge in [-0.2, -0.15) is 0 Å². The molecule has 0 amide bonds. The smallest absolute Gasteiger partial charge is 0.227 e. The molecule has 0 fully saturated rings. The second-order valence-electron chi connectivity index (χ2n) is 8.19. The van der Waals surface area contributed by atoms with E-state index in [1.54, 1.807) is 26.6 Å². The summed E-state index contributed by atoms with van der Waals surface area (Å²) in [5, 5.41) is 8.23. The lowest BCUT2D eigenvalue weighted by Crippen LogP contribution is -1.97. The number of fused-ring (bicyclic) bond motifs is 4. The molecule has 4 heterocycles. The number of H-pyrrole nitrogens is 1. The third-order valence-electron chi connectivity index (χ3n) is 5.94. The van der Waals surface area contributed by atoms with Crippen LogP contribution in [-0.4, -0.2) is 34.3 Å². The largest absolute Gasteiger partial charge is 0.438 e. The minimum Gasteiger partial charge on any atom is -0.438 e. The van der Waals surface area contributed by atoms with Crippen molar-refractivity contribution in [2.24, 2.45) is 0 Å². The average Bonchev–Trinajstić information content (AvgIpc) is 3.49. The molecule has 6 aromatic rings. The number of rotatable bonds is 7. The van der Waals surface area contributed by atoms with Gasteiger partial charge >= 0.3 is 0 Å². The fraction of sp³-hybridized carbons (Fsp3) is 0.148. The van der Waals surface area contributed by atoms with E-state index in [1.165, 1.54) is 0 Å². The van der Waals surface area contributed by atoms with Crippen LogP contribution < -0.4 is 4.74 Å². The summed E-state index contributed by atoms with van der Waals surface area (Å²) in [5.74, 6) is 1.88. The molecule has 0 unspecified atom stereocenters. The van der Waals surface area contributed by atoms with Gasteiger partial charge in [-0.05, 0) is 35.7 Å². The van der Waals surface area contributed by atoms with Crippen molar-refractivity contribution in [2.75, 3.05) is 14.2 Å². The number of benzene rings is 2. The number of ether oxygens (including phenoxy) is 3. The van der Waals surface area contributed by atoms with E-state index < -0.39 is 0 Å². The van der Waals surface area contributed by atoms with E-state index >= 15 is 0 Å². The van der Waals surface area contributed by atoms with Crippen LogP contribution in [0.1, 0.15) is 11.3 Å². The molecule has 8 heteroatoms. The van der Waals surface area contributed by atoms with Crippen LogP contribution in [0.2, 0.25) is 0 Å². The molecule has 6 rings (SSSR count). The molecule has 8 nitrogen and oxygen atoms in total. The Bertz CT molecular complexity index is 1670. The second-order valence-corrected chi connectivity index (χ2v) is 8.19. The molecule has 0 bridgehead atoms. The maximum absolute atomic E-state index is 6.25. The SMILES string of the molecule is COCc1cc(-c2ncc3[nH]c4ccc(Oc5nccc6ccccc56)cc4c3c2COC)no1. The second kappa shape index (κ2) is 8.83. The van der Waals surface area contributed by atoms with Gasteiger partial charge in [0.25, 0.3) is 0 Å². The monoisotopic (exact) mass is 466 g/mol. The van der Waals surface area contributed by atoms with E-state index in [4.69, 9.17) is 18.7 Å². The number of hydrogen-bond acceptors (Lipinski definition) is 7. The van der Waals surface area contributed by atoms with E-state index in [2.05, 4.69) is 20.1 Å². The summed E-state index contributed by atoms with van der Waals surface area (Å²) in [4.78, 5) is 12.6. The van der Waals surface area contributed by atoms with Gasteiger partial charge in [0.15, 0.2) is 5.76 Å². The van der Waals surface area contributed by atoms with Crippen LogP contribution in [0.5, 0.6) is 11.6 Å². The highest BCUT2D eigenvalue weighted by molar-refractivity contribution is 6.10. The van der Waals surface area contributed by atoms with Gasteiger partial charge in [-0.1, -0.05) is 23.4 Å². The van der Waals surface area contributed by atoms with Crippen molar-refractivity contribution in [3.05, 3.63) is 78.3 Å². The minimum absolute atomic E-state index is 0.338. The number of nitrogens with zero attached hydrogens (tertiary/aromatic N) is 3. The Morgan fingerprint density at radius 2 is 1.77 bits per heavy atom. The maximum atomic E-state index is 6.25. The van der Waals surface area contributed by atoms with Gasteiger partial charge in [0.2, 0.25) is 5.88 Å². The van der Waals surface area contributed by atoms with Crippen molar-refractivity contribution in [3.8, 4) is 23.0 Å². The number of hydrogen-bond donors (Lipinski definition) is 1. The molecule has 0 radical (unpaired) electrons. The lowest BCUT2D eigenvalue weighted by molar-refractivity contribution is 0.156. The number of nitrogens with one attached hydrogen (secondary N) is 1. The lowest BCUT2D eigenvalue weighted by atomic mass is 10.0. The van der Waals surface area contributed by atoms with E-state index in [-0.39, 0.29) is 0 Å². The van der Waals surface area contributed by atoms with Gasteiger partial charge in [-0.3, -0.25) is 4.98 Å². The van der Waals surface area contributed by atoms with Gasteiger partial charge in [-0.25, -0.2) is 4.98 Å². The van der Waals surface area contributed by atoms with Crippen molar-refractivity contribution in [1.82, 2.24) is 20.1 Å². The highest BCUT2D eigenvalue weighted by Gasteiger charge is 2.19. The molecule has 1 N–H and O–H groups in total. The zero-order chi connectivity index (χ0) is 23.8. The van der Waals surface area contributed by atoms with E-state index in [1.807, 2.05) is 54.6 Å². The predicted octanol–water partition coefficient (Wildman–Crippen LogP) is 6.00. The summed E-state index contributed by atoms with van der Waals surface area (Å²) in [6.07, 6.45) is 3.56. The Labute approximate surface area is 200 Å². The summed E-state index contributed by atoms with van der Waals surface area (Å²) >= 11 is 0. The van der Waals surface area contributed by atoms with Crippen LogP contribution in [0.3, 0.4) is 0 Å². The number of pyridine rings is 2. The summed E-state index contributed by atoms with van der Waals surface area (Å²) < 4.78 is 22.4. The number of aromatic nitrogens is 4. The first-order chi connectivity index (χ1) is 17.2. The Morgan fingerprint density at radius 3 is 2.66 bits per heavy atom. The van der Waals surface area contributed by atoms with Gasteiger partial charge in [0.1, 0.15) is 18.1 Å².